The van der Waals surface area contributed by atoms with Crippen LogP contribution in [0.4, 0.5) is 0 Å². The summed E-state index contributed by atoms with van der Waals surface area (Å²) >= 11 is 6.42. The van der Waals surface area contributed by atoms with Crippen LogP contribution < -0.4 is 11.1 Å². The lowest BCUT2D eigenvalue weighted by Gasteiger charge is -2.20. The third-order valence-electron chi connectivity index (χ3n) is 4.27. The lowest BCUT2D eigenvalue weighted by atomic mass is 9.98. The van der Waals surface area contributed by atoms with E-state index in [9.17, 15) is 9.59 Å². The van der Waals surface area contributed by atoms with Crippen LogP contribution in [0.3, 0.4) is 0 Å². The van der Waals surface area contributed by atoms with E-state index in [1.54, 1.807) is 10.8 Å². The van der Waals surface area contributed by atoms with Gasteiger partial charge in [0.15, 0.2) is 0 Å². The molecule has 3 N–H and O–H groups in total. The second-order valence-electron chi connectivity index (χ2n) is 6.14. The number of nitrogens with two attached hydrogens (primary N) is 1. The molecule has 138 valence electrons. The van der Waals surface area contributed by atoms with E-state index < -0.39 is 17.9 Å². The van der Waals surface area contributed by atoms with Gasteiger partial charge in [-0.15, -0.1) is 0 Å². The Morgan fingerprint density at radius 2 is 2.00 bits per heavy atom. The van der Waals surface area contributed by atoms with Gasteiger partial charge in [-0.05, 0) is 31.1 Å². The van der Waals surface area contributed by atoms with Crippen molar-refractivity contribution < 1.29 is 9.59 Å². The molecule has 2 unspecified atom stereocenters. The number of hydrogen-bond donors (Lipinski definition) is 2. The van der Waals surface area contributed by atoms with Gasteiger partial charge in [-0.1, -0.05) is 50.1 Å². The Labute approximate surface area is 158 Å². The van der Waals surface area contributed by atoms with Gasteiger partial charge in [0.05, 0.1) is 11.4 Å². The number of nitrogens with zero attached hydrogens (tertiary/aromatic N) is 2. The zero-order chi connectivity index (χ0) is 19.3. The lowest BCUT2D eigenvalue weighted by molar-refractivity contribution is -0.126. The smallest absolute Gasteiger partial charge is 0.244 e. The maximum absolute atomic E-state index is 12.2. The normalized spacial score (nSPS) is 13.5. The van der Waals surface area contributed by atoms with E-state index >= 15 is 0 Å². The van der Waals surface area contributed by atoms with Crippen LogP contribution in [0.1, 0.15) is 31.5 Å². The van der Waals surface area contributed by atoms with Crippen LogP contribution in [-0.2, 0) is 9.59 Å². The molecule has 0 aliphatic heterocycles. The summed E-state index contributed by atoms with van der Waals surface area (Å²) in [7, 11) is 0. The maximum Gasteiger partial charge on any atom is 0.244 e. The van der Waals surface area contributed by atoms with Crippen molar-refractivity contribution in [1.29, 1.82) is 0 Å². The summed E-state index contributed by atoms with van der Waals surface area (Å²) in [5.74, 6) is -1.000. The molecule has 0 bridgehead atoms. The third-order valence-corrected chi connectivity index (χ3v) is 4.63. The number of carbonyl (C=O) groups is 2. The molecule has 7 heteroatoms. The predicted molar refractivity (Wildman–Crippen MR) is 103 cm³/mol. The zero-order valence-electron chi connectivity index (χ0n) is 15.1. The van der Waals surface area contributed by atoms with Crippen molar-refractivity contribution >= 4 is 29.5 Å². The van der Waals surface area contributed by atoms with Gasteiger partial charge in [-0.2, -0.15) is 5.10 Å². The van der Waals surface area contributed by atoms with Gasteiger partial charge in [0, 0.05) is 11.6 Å². The van der Waals surface area contributed by atoms with Gasteiger partial charge < -0.3 is 11.1 Å². The molecule has 6 nitrogen and oxygen atoms in total. The average molecular weight is 375 g/mol. The van der Waals surface area contributed by atoms with Gasteiger partial charge in [-0.25, -0.2) is 4.68 Å². The average Bonchev–Trinajstić information content (AvgIpc) is 2.91. The van der Waals surface area contributed by atoms with E-state index in [1.165, 1.54) is 6.08 Å². The Morgan fingerprint density at radius 1 is 1.35 bits per heavy atom. The first-order valence-electron chi connectivity index (χ1n) is 8.43. The van der Waals surface area contributed by atoms with Gasteiger partial charge >= 0.3 is 0 Å². The molecule has 0 fully saturated rings. The molecule has 0 saturated heterocycles. The Balaban J connectivity index is 2.19. The summed E-state index contributed by atoms with van der Waals surface area (Å²) in [5.41, 5.74) is 7.54. The number of para-hydroxylation sites is 1. The van der Waals surface area contributed by atoms with E-state index in [-0.39, 0.29) is 5.92 Å². The Hall–Kier alpha value is -2.60. The van der Waals surface area contributed by atoms with Crippen LogP contribution in [-0.4, -0.2) is 27.6 Å². The van der Waals surface area contributed by atoms with Crippen LogP contribution in [0.25, 0.3) is 11.8 Å². The minimum absolute atomic E-state index is 0.0454. The summed E-state index contributed by atoms with van der Waals surface area (Å²) in [6.07, 6.45) is 3.66. The number of hydrogen-bond acceptors (Lipinski definition) is 3. The molecule has 0 saturated carbocycles. The molecule has 2 amide bonds. The van der Waals surface area contributed by atoms with Gasteiger partial charge in [0.1, 0.15) is 11.2 Å². The highest BCUT2D eigenvalue weighted by Crippen LogP contribution is 2.24. The molecule has 0 spiro atoms. The number of aryl methyl sites for hydroxylation is 1. The quantitative estimate of drug-likeness (QED) is 0.730. The number of benzene rings is 1. The molecule has 1 heterocycles. The van der Waals surface area contributed by atoms with Crippen molar-refractivity contribution in [3.8, 4) is 5.69 Å². The molecule has 2 aromatic rings. The zero-order valence-corrected chi connectivity index (χ0v) is 15.8. The molecule has 1 aromatic carbocycles. The van der Waals surface area contributed by atoms with Gasteiger partial charge in [0.2, 0.25) is 11.8 Å². The Morgan fingerprint density at radius 3 is 2.58 bits per heavy atom. The number of rotatable bonds is 7. The third kappa shape index (κ3) is 4.52. The van der Waals surface area contributed by atoms with Crippen LogP contribution in [0.5, 0.6) is 0 Å². The van der Waals surface area contributed by atoms with E-state index in [2.05, 4.69) is 10.4 Å². The highest BCUT2D eigenvalue weighted by atomic mass is 35.5. The van der Waals surface area contributed by atoms with E-state index in [0.29, 0.717) is 16.4 Å². The number of primary amides is 1. The highest BCUT2D eigenvalue weighted by Gasteiger charge is 2.22. The number of aromatic nitrogens is 2. The molecule has 0 radical (unpaired) electrons. The number of amides is 2. The Bertz CT molecular complexity index is 814. The summed E-state index contributed by atoms with van der Waals surface area (Å²) in [5, 5.41) is 7.47. The number of carbonyl (C=O) groups excluding carboxylic acids is 2. The summed E-state index contributed by atoms with van der Waals surface area (Å²) in [6, 6.07) is 8.77. The van der Waals surface area contributed by atoms with Crippen molar-refractivity contribution in [2.24, 2.45) is 11.7 Å². The highest BCUT2D eigenvalue weighted by molar-refractivity contribution is 6.31. The number of nitrogens with one attached hydrogen (secondary N) is 1. The lowest BCUT2D eigenvalue weighted by Crippen LogP contribution is -2.47. The first-order chi connectivity index (χ1) is 12.3. The van der Waals surface area contributed by atoms with Crippen molar-refractivity contribution in [1.82, 2.24) is 15.1 Å². The van der Waals surface area contributed by atoms with Gasteiger partial charge in [-0.3, -0.25) is 9.59 Å². The Kier molecular flexibility index (Phi) is 6.58. The van der Waals surface area contributed by atoms with Crippen LogP contribution in [0, 0.1) is 12.8 Å². The number of halogens is 1. The standard InChI is InChI=1S/C19H23ClN4O2/c1-4-12(2)17(19(21)26)22-16(25)11-10-15-13(3)23-24(18(15)20)14-8-6-5-7-9-14/h5-12,17H,4H2,1-3H3,(H2,21,26)(H,22,25)/b11-10+. The molecular weight excluding hydrogens is 352 g/mol. The molecule has 0 aliphatic carbocycles. The van der Waals surface area contributed by atoms with Crippen molar-refractivity contribution in [3.05, 3.63) is 52.8 Å². The van der Waals surface area contributed by atoms with Crippen molar-refractivity contribution in [2.45, 2.75) is 33.2 Å². The molecular formula is C19H23ClN4O2. The minimum Gasteiger partial charge on any atom is -0.368 e. The van der Waals surface area contributed by atoms with E-state index in [1.807, 2.05) is 51.1 Å². The molecule has 1 aromatic heterocycles. The van der Waals surface area contributed by atoms with Crippen LogP contribution in [0.2, 0.25) is 5.15 Å². The molecule has 2 rings (SSSR count). The topological polar surface area (TPSA) is 90.0 Å². The van der Waals surface area contributed by atoms with Crippen molar-refractivity contribution in [3.63, 3.8) is 0 Å². The van der Waals surface area contributed by atoms with E-state index in [0.717, 1.165) is 12.1 Å². The van der Waals surface area contributed by atoms with E-state index in [4.69, 9.17) is 17.3 Å². The fraction of sp³-hybridized carbons (Fsp3) is 0.316. The molecule has 26 heavy (non-hydrogen) atoms. The molecule has 2 atom stereocenters. The van der Waals surface area contributed by atoms with Gasteiger partial charge in [0.25, 0.3) is 0 Å². The maximum atomic E-state index is 12.2. The van der Waals surface area contributed by atoms with Crippen molar-refractivity contribution in [2.75, 3.05) is 0 Å². The molecule has 0 aliphatic rings. The fourth-order valence-electron chi connectivity index (χ4n) is 2.53. The second kappa shape index (κ2) is 8.67. The first-order valence-corrected chi connectivity index (χ1v) is 8.81. The first kappa shape index (κ1) is 19.7. The predicted octanol–water partition coefficient (Wildman–Crippen LogP) is 2.86. The summed E-state index contributed by atoms with van der Waals surface area (Å²) in [4.78, 5) is 23.7. The monoisotopic (exact) mass is 374 g/mol. The minimum atomic E-state index is -0.708. The van der Waals surface area contributed by atoms with Crippen LogP contribution >= 0.6 is 11.6 Å². The summed E-state index contributed by atoms with van der Waals surface area (Å²) < 4.78 is 1.61. The SMILES string of the molecule is CCC(C)C(NC(=O)/C=C/c1c(C)nn(-c2ccccc2)c1Cl)C(N)=O. The second-order valence-corrected chi connectivity index (χ2v) is 6.50. The largest absolute Gasteiger partial charge is 0.368 e. The summed E-state index contributed by atoms with van der Waals surface area (Å²) in [6.45, 7) is 5.61. The fourth-order valence-corrected chi connectivity index (χ4v) is 2.87. The van der Waals surface area contributed by atoms with Crippen LogP contribution in [0.15, 0.2) is 36.4 Å².